The molecular formula is C30H43N3O11P2. The zero-order chi connectivity index (χ0) is 34.6. The molecule has 254 valence electrons. The first kappa shape index (κ1) is 37.2. The number of nitrogens with two attached hydrogens (primary N) is 1. The Balaban J connectivity index is 1.94. The van der Waals surface area contributed by atoms with Crippen molar-refractivity contribution in [2.24, 2.45) is 17.1 Å². The van der Waals surface area contributed by atoms with Gasteiger partial charge in [0.05, 0.1) is 24.8 Å². The Bertz CT molecular complexity index is 1510. The average Bonchev–Trinajstić information content (AvgIpc) is 3.11. The SMILES string of the molecule is CC(C)COc1cc2c(cc1C(N)=O)[C@@H](NC(=O)[C@H](Cc1ccc(C(P(=O)(O)O)P(=O)(O)O)cc1)NC(=O)C(C)(C)C)CCCO2. The van der Waals surface area contributed by atoms with Crippen LogP contribution in [-0.2, 0) is 25.1 Å². The lowest BCUT2D eigenvalue weighted by atomic mass is 9.94. The maximum atomic E-state index is 13.8. The molecule has 3 rings (SSSR count). The molecule has 0 unspecified atom stereocenters. The van der Waals surface area contributed by atoms with Gasteiger partial charge in [0.15, 0.2) is 5.40 Å². The number of hydrogen-bond donors (Lipinski definition) is 7. The zero-order valence-corrected chi connectivity index (χ0v) is 28.2. The van der Waals surface area contributed by atoms with E-state index in [2.05, 4.69) is 10.6 Å². The van der Waals surface area contributed by atoms with Gasteiger partial charge < -0.3 is 45.4 Å². The van der Waals surface area contributed by atoms with Gasteiger partial charge in [0.2, 0.25) is 11.8 Å². The van der Waals surface area contributed by atoms with E-state index in [-0.39, 0.29) is 29.2 Å². The molecule has 0 aromatic heterocycles. The van der Waals surface area contributed by atoms with Crippen molar-refractivity contribution >= 4 is 32.9 Å². The van der Waals surface area contributed by atoms with Crippen LogP contribution in [0.4, 0.5) is 0 Å². The van der Waals surface area contributed by atoms with Crippen molar-refractivity contribution in [2.75, 3.05) is 13.2 Å². The van der Waals surface area contributed by atoms with E-state index in [1.54, 1.807) is 32.9 Å². The number of ether oxygens (including phenoxy) is 2. The van der Waals surface area contributed by atoms with E-state index in [1.807, 2.05) is 13.8 Å². The molecule has 2 aromatic rings. The first-order chi connectivity index (χ1) is 21.2. The van der Waals surface area contributed by atoms with E-state index >= 15 is 0 Å². The van der Waals surface area contributed by atoms with Gasteiger partial charge in [-0.1, -0.05) is 58.9 Å². The van der Waals surface area contributed by atoms with Crippen molar-refractivity contribution in [1.29, 1.82) is 0 Å². The summed E-state index contributed by atoms with van der Waals surface area (Å²) < 4.78 is 35.4. The molecule has 2 atom stereocenters. The summed E-state index contributed by atoms with van der Waals surface area (Å²) in [4.78, 5) is 77.4. The molecule has 0 fully saturated rings. The first-order valence-corrected chi connectivity index (χ1v) is 18.1. The van der Waals surface area contributed by atoms with Crippen LogP contribution in [0.15, 0.2) is 36.4 Å². The van der Waals surface area contributed by atoms with Crippen molar-refractivity contribution < 1.29 is 52.6 Å². The summed E-state index contributed by atoms with van der Waals surface area (Å²) in [6.45, 7) is 9.65. The molecule has 0 aliphatic carbocycles. The molecule has 46 heavy (non-hydrogen) atoms. The molecule has 0 bridgehead atoms. The molecule has 0 spiro atoms. The summed E-state index contributed by atoms with van der Waals surface area (Å²) in [5.74, 6) is -0.812. The number of fused-ring (bicyclic) bond motifs is 1. The van der Waals surface area contributed by atoms with E-state index in [0.717, 1.165) is 0 Å². The molecule has 16 heteroatoms. The van der Waals surface area contributed by atoms with Crippen LogP contribution in [0.2, 0.25) is 0 Å². The quantitative estimate of drug-likeness (QED) is 0.160. The summed E-state index contributed by atoms with van der Waals surface area (Å²) in [6.07, 6.45) is 0.952. The van der Waals surface area contributed by atoms with Gasteiger partial charge in [-0.15, -0.1) is 0 Å². The second-order valence-corrected chi connectivity index (χ2v) is 16.6. The Kier molecular flexibility index (Phi) is 11.9. The molecule has 0 saturated heterocycles. The number of benzene rings is 2. The molecular weight excluding hydrogens is 640 g/mol. The number of rotatable bonds is 12. The van der Waals surface area contributed by atoms with Gasteiger partial charge in [-0.2, -0.15) is 0 Å². The third kappa shape index (κ3) is 9.87. The smallest absolute Gasteiger partial charge is 0.345 e. The maximum absolute atomic E-state index is 13.8. The van der Waals surface area contributed by atoms with Crippen LogP contribution >= 0.6 is 15.2 Å². The molecule has 8 N–H and O–H groups in total. The van der Waals surface area contributed by atoms with Crippen molar-refractivity contribution in [3.8, 4) is 11.5 Å². The summed E-state index contributed by atoms with van der Waals surface area (Å²) >= 11 is 0. The Morgan fingerprint density at radius 1 is 1.04 bits per heavy atom. The van der Waals surface area contributed by atoms with Crippen molar-refractivity contribution in [2.45, 2.75) is 71.4 Å². The highest BCUT2D eigenvalue weighted by molar-refractivity contribution is 7.70. The summed E-state index contributed by atoms with van der Waals surface area (Å²) in [5.41, 5.74) is 5.63. The lowest BCUT2D eigenvalue weighted by Crippen LogP contribution is -2.51. The van der Waals surface area contributed by atoms with Crippen LogP contribution in [0, 0.1) is 11.3 Å². The van der Waals surface area contributed by atoms with Gasteiger partial charge in [0.1, 0.15) is 17.5 Å². The number of carbonyl (C=O) groups excluding carboxylic acids is 3. The van der Waals surface area contributed by atoms with Crippen molar-refractivity contribution in [3.63, 3.8) is 0 Å². The summed E-state index contributed by atoms with van der Waals surface area (Å²) in [6, 6.07) is 6.49. The number of carbonyl (C=O) groups is 3. The van der Waals surface area contributed by atoms with Crippen LogP contribution in [0.5, 0.6) is 11.5 Å². The van der Waals surface area contributed by atoms with Gasteiger partial charge >= 0.3 is 15.2 Å². The van der Waals surface area contributed by atoms with Gasteiger partial charge in [-0.05, 0) is 36.0 Å². The van der Waals surface area contributed by atoms with Crippen LogP contribution in [-0.4, -0.2) is 56.6 Å². The van der Waals surface area contributed by atoms with E-state index in [1.165, 1.54) is 24.3 Å². The van der Waals surface area contributed by atoms with E-state index in [4.69, 9.17) is 15.2 Å². The fourth-order valence-corrected chi connectivity index (χ4v) is 7.51. The largest absolute Gasteiger partial charge is 0.493 e. The van der Waals surface area contributed by atoms with Gasteiger partial charge in [0.25, 0.3) is 5.91 Å². The Morgan fingerprint density at radius 2 is 1.65 bits per heavy atom. The van der Waals surface area contributed by atoms with E-state index in [0.29, 0.717) is 42.9 Å². The highest BCUT2D eigenvalue weighted by Crippen LogP contribution is 2.69. The predicted octanol–water partition coefficient (Wildman–Crippen LogP) is 3.28. The molecule has 1 aliphatic rings. The minimum Gasteiger partial charge on any atom is -0.493 e. The zero-order valence-electron chi connectivity index (χ0n) is 26.4. The fourth-order valence-electron chi connectivity index (χ4n) is 4.82. The predicted molar refractivity (Wildman–Crippen MR) is 169 cm³/mol. The molecule has 3 amide bonds. The normalized spacial score (nSPS) is 16.2. The molecule has 1 aliphatic heterocycles. The highest BCUT2D eigenvalue weighted by Gasteiger charge is 2.44. The van der Waals surface area contributed by atoms with Crippen LogP contribution in [0.1, 0.15) is 86.0 Å². The average molecular weight is 684 g/mol. The monoisotopic (exact) mass is 683 g/mol. The highest BCUT2D eigenvalue weighted by atomic mass is 31.2. The number of amides is 3. The molecule has 0 saturated carbocycles. The molecule has 2 aromatic carbocycles. The summed E-state index contributed by atoms with van der Waals surface area (Å²) in [5, 5.41) is 3.39. The van der Waals surface area contributed by atoms with Crippen LogP contribution < -0.4 is 25.8 Å². The van der Waals surface area contributed by atoms with E-state index < -0.39 is 55.8 Å². The standard InChI is InChI=1S/C30H43N3O11P2/c1-17(2)16-44-25-15-24-20(14-21(25)26(31)34)22(7-6-12-43-24)32-27(35)23(33-29(36)30(3,4)5)13-18-8-10-19(11-9-18)28(45(37,38)39)46(40,41)42/h8-11,14-15,17,22-23,28H,6-7,12-13,16H2,1-5H3,(H2,31,34)(H,32,35)(H,33,36)(H2,37,38,39)(H2,40,41,42)/t22-,23-/m0/s1. The lowest BCUT2D eigenvalue weighted by molar-refractivity contribution is -0.133. The number of hydrogen-bond acceptors (Lipinski definition) is 7. The summed E-state index contributed by atoms with van der Waals surface area (Å²) in [7, 11) is -10.4. The maximum Gasteiger partial charge on any atom is 0.345 e. The Hall–Kier alpha value is -3.25. The number of nitrogens with one attached hydrogen (secondary N) is 2. The second kappa shape index (κ2) is 14.7. The fraction of sp³-hybridized carbons (Fsp3) is 0.500. The molecule has 0 radical (unpaired) electrons. The Labute approximate surface area is 267 Å². The van der Waals surface area contributed by atoms with Crippen molar-refractivity contribution in [3.05, 3.63) is 58.7 Å². The van der Waals surface area contributed by atoms with Gasteiger partial charge in [-0.3, -0.25) is 23.5 Å². The van der Waals surface area contributed by atoms with Crippen molar-refractivity contribution in [1.82, 2.24) is 10.6 Å². The van der Waals surface area contributed by atoms with Crippen LogP contribution in [0.3, 0.4) is 0 Å². The Morgan fingerprint density at radius 3 is 2.17 bits per heavy atom. The second-order valence-electron chi connectivity index (χ2n) is 12.8. The molecule has 1 heterocycles. The van der Waals surface area contributed by atoms with Gasteiger partial charge in [0, 0.05) is 23.5 Å². The number of primary amides is 1. The minimum absolute atomic E-state index is 0.0605. The third-order valence-electron chi connectivity index (χ3n) is 7.19. The van der Waals surface area contributed by atoms with Crippen LogP contribution in [0.25, 0.3) is 0 Å². The first-order valence-electron chi connectivity index (χ1n) is 14.7. The topological polar surface area (TPSA) is 235 Å². The van der Waals surface area contributed by atoms with Gasteiger partial charge in [-0.25, -0.2) is 0 Å². The molecule has 14 nitrogen and oxygen atoms in total. The lowest BCUT2D eigenvalue weighted by Gasteiger charge is -2.27. The minimum atomic E-state index is -5.22. The van der Waals surface area contributed by atoms with E-state index in [9.17, 15) is 43.1 Å². The third-order valence-corrected chi connectivity index (χ3v) is 10.9.